The van der Waals surface area contributed by atoms with E-state index in [1.807, 2.05) is 13.0 Å². The highest BCUT2D eigenvalue weighted by Crippen LogP contribution is 2.24. The molecular formula is C14H14N2O3S. The molecule has 6 heteroatoms. The average molecular weight is 290 g/mol. The molecule has 0 aliphatic rings. The molecule has 0 saturated heterocycles. The van der Waals surface area contributed by atoms with Gasteiger partial charge in [-0.05, 0) is 30.2 Å². The molecule has 0 saturated carbocycles. The van der Waals surface area contributed by atoms with Crippen LogP contribution in [0.1, 0.15) is 21.5 Å². The monoisotopic (exact) mass is 290 g/mol. The maximum Gasteiger partial charge on any atom is 0.339 e. The molecule has 0 bridgehead atoms. The Balaban J connectivity index is 2.11. The SMILES string of the molecule is COc1ccc(CSc2ncc(C)cn2)cc1C(=O)O. The number of carboxylic acids is 1. The van der Waals surface area contributed by atoms with Crippen LogP contribution in [0.25, 0.3) is 0 Å². The second-order valence-electron chi connectivity index (χ2n) is 4.17. The van der Waals surface area contributed by atoms with E-state index in [-0.39, 0.29) is 5.56 Å². The lowest BCUT2D eigenvalue weighted by atomic mass is 10.1. The minimum absolute atomic E-state index is 0.162. The molecule has 2 aromatic rings. The van der Waals surface area contributed by atoms with E-state index >= 15 is 0 Å². The zero-order chi connectivity index (χ0) is 14.5. The molecule has 0 fully saturated rings. The third-order valence-corrected chi connectivity index (χ3v) is 3.57. The van der Waals surface area contributed by atoms with Crippen LogP contribution in [-0.4, -0.2) is 28.2 Å². The number of nitrogens with zero attached hydrogens (tertiary/aromatic N) is 2. The number of aryl methyl sites for hydroxylation is 1. The van der Waals surface area contributed by atoms with Crippen LogP contribution in [0.15, 0.2) is 35.7 Å². The van der Waals surface area contributed by atoms with Crippen molar-refractivity contribution >= 4 is 17.7 Å². The van der Waals surface area contributed by atoms with Crippen LogP contribution in [0, 0.1) is 6.92 Å². The van der Waals surface area contributed by atoms with Crippen molar-refractivity contribution in [3.05, 3.63) is 47.3 Å². The van der Waals surface area contributed by atoms with Crippen LogP contribution < -0.4 is 4.74 Å². The van der Waals surface area contributed by atoms with E-state index in [2.05, 4.69) is 9.97 Å². The summed E-state index contributed by atoms with van der Waals surface area (Å²) in [5.41, 5.74) is 2.06. The van der Waals surface area contributed by atoms with Crippen LogP contribution in [-0.2, 0) is 5.75 Å². The molecule has 1 aromatic carbocycles. The van der Waals surface area contributed by atoms with Gasteiger partial charge in [-0.2, -0.15) is 0 Å². The standard InChI is InChI=1S/C14H14N2O3S/c1-9-6-15-14(16-7-9)20-8-10-3-4-12(19-2)11(5-10)13(17)18/h3-7H,8H2,1-2H3,(H,17,18). The van der Waals surface area contributed by atoms with E-state index in [1.165, 1.54) is 18.9 Å². The number of hydrogen-bond donors (Lipinski definition) is 1. The van der Waals surface area contributed by atoms with Crippen molar-refractivity contribution in [2.24, 2.45) is 0 Å². The fourth-order valence-corrected chi connectivity index (χ4v) is 2.35. The van der Waals surface area contributed by atoms with Gasteiger partial charge in [0, 0.05) is 18.1 Å². The number of carboxylic acid groups (broad SMARTS) is 1. The van der Waals surface area contributed by atoms with Crippen LogP contribution in [0.5, 0.6) is 5.75 Å². The summed E-state index contributed by atoms with van der Waals surface area (Å²) in [7, 11) is 1.45. The molecule has 0 radical (unpaired) electrons. The van der Waals surface area contributed by atoms with E-state index in [4.69, 9.17) is 9.84 Å². The van der Waals surface area contributed by atoms with E-state index < -0.39 is 5.97 Å². The van der Waals surface area contributed by atoms with Crippen LogP contribution in [0.3, 0.4) is 0 Å². The Bertz CT molecular complexity index is 614. The molecule has 1 aromatic heterocycles. The van der Waals surface area contributed by atoms with Crippen molar-refractivity contribution in [1.29, 1.82) is 0 Å². The molecule has 20 heavy (non-hydrogen) atoms. The highest BCUT2D eigenvalue weighted by atomic mass is 32.2. The van der Waals surface area contributed by atoms with Gasteiger partial charge in [0.25, 0.3) is 0 Å². The first-order valence-corrected chi connectivity index (χ1v) is 6.90. The molecule has 0 amide bonds. The molecule has 5 nitrogen and oxygen atoms in total. The number of methoxy groups -OCH3 is 1. The van der Waals surface area contributed by atoms with Gasteiger partial charge in [-0.1, -0.05) is 17.8 Å². The molecule has 1 N–H and O–H groups in total. The van der Waals surface area contributed by atoms with Gasteiger partial charge < -0.3 is 9.84 Å². The third kappa shape index (κ3) is 3.48. The van der Waals surface area contributed by atoms with Gasteiger partial charge >= 0.3 is 5.97 Å². The zero-order valence-electron chi connectivity index (χ0n) is 11.2. The number of ether oxygens (including phenoxy) is 1. The van der Waals surface area contributed by atoms with Crippen LogP contribution in [0.4, 0.5) is 0 Å². The number of aromatic nitrogens is 2. The Labute approximate surface area is 121 Å². The van der Waals surface area contributed by atoms with E-state index in [9.17, 15) is 4.79 Å². The van der Waals surface area contributed by atoms with E-state index in [0.717, 1.165) is 11.1 Å². The zero-order valence-corrected chi connectivity index (χ0v) is 12.0. The quantitative estimate of drug-likeness (QED) is 0.674. The fourth-order valence-electron chi connectivity index (χ4n) is 1.62. The van der Waals surface area contributed by atoms with Crippen molar-refractivity contribution in [2.45, 2.75) is 17.8 Å². The molecular weight excluding hydrogens is 276 g/mol. The summed E-state index contributed by atoms with van der Waals surface area (Å²) >= 11 is 1.46. The Hall–Kier alpha value is -2.08. The lowest BCUT2D eigenvalue weighted by Crippen LogP contribution is -2.01. The summed E-state index contributed by atoms with van der Waals surface area (Å²) in [6.07, 6.45) is 3.51. The Morgan fingerprint density at radius 1 is 1.35 bits per heavy atom. The maximum absolute atomic E-state index is 11.1. The lowest BCUT2D eigenvalue weighted by Gasteiger charge is -2.07. The molecule has 1 heterocycles. The molecule has 2 rings (SSSR count). The summed E-state index contributed by atoms with van der Waals surface area (Å²) in [6.45, 7) is 1.93. The topological polar surface area (TPSA) is 72.3 Å². The third-order valence-electron chi connectivity index (χ3n) is 2.62. The molecule has 0 spiro atoms. The smallest absolute Gasteiger partial charge is 0.339 e. The number of rotatable bonds is 5. The first-order chi connectivity index (χ1) is 9.60. The van der Waals surface area contributed by atoms with Gasteiger partial charge in [-0.15, -0.1) is 0 Å². The van der Waals surface area contributed by atoms with Gasteiger partial charge in [-0.25, -0.2) is 14.8 Å². The van der Waals surface area contributed by atoms with E-state index in [1.54, 1.807) is 24.5 Å². The summed E-state index contributed by atoms with van der Waals surface area (Å²) in [5.74, 6) is -0.0361. The predicted octanol–water partition coefficient (Wildman–Crippen LogP) is 2.78. The minimum Gasteiger partial charge on any atom is -0.496 e. The van der Waals surface area contributed by atoms with Crippen molar-refractivity contribution in [2.75, 3.05) is 7.11 Å². The largest absolute Gasteiger partial charge is 0.496 e. The molecule has 0 atom stereocenters. The number of aromatic carboxylic acids is 1. The molecule has 0 unspecified atom stereocenters. The molecule has 104 valence electrons. The van der Waals surface area contributed by atoms with Gasteiger partial charge in [-0.3, -0.25) is 0 Å². The second kappa shape index (κ2) is 6.38. The first kappa shape index (κ1) is 14.3. The average Bonchev–Trinajstić information content (AvgIpc) is 2.46. The van der Waals surface area contributed by atoms with Crippen molar-refractivity contribution < 1.29 is 14.6 Å². The number of hydrogen-bond acceptors (Lipinski definition) is 5. The van der Waals surface area contributed by atoms with Gasteiger partial charge in [0.05, 0.1) is 7.11 Å². The highest BCUT2D eigenvalue weighted by Gasteiger charge is 2.11. The number of carbonyl (C=O) groups is 1. The maximum atomic E-state index is 11.1. The normalized spacial score (nSPS) is 10.3. The Morgan fingerprint density at radius 2 is 2.05 bits per heavy atom. The second-order valence-corrected chi connectivity index (χ2v) is 5.11. The highest BCUT2D eigenvalue weighted by molar-refractivity contribution is 7.98. The summed E-state index contributed by atoms with van der Waals surface area (Å²) in [4.78, 5) is 19.5. The van der Waals surface area contributed by atoms with Crippen molar-refractivity contribution in [1.82, 2.24) is 9.97 Å². The fraction of sp³-hybridized carbons (Fsp3) is 0.214. The number of thioether (sulfide) groups is 1. The van der Waals surface area contributed by atoms with Crippen LogP contribution in [0.2, 0.25) is 0 Å². The minimum atomic E-state index is -1.000. The first-order valence-electron chi connectivity index (χ1n) is 5.92. The van der Waals surface area contributed by atoms with Crippen molar-refractivity contribution in [3.63, 3.8) is 0 Å². The Kier molecular flexibility index (Phi) is 4.57. The van der Waals surface area contributed by atoms with Crippen LogP contribution >= 0.6 is 11.8 Å². The summed E-state index contributed by atoms with van der Waals surface area (Å²) in [5, 5.41) is 9.80. The summed E-state index contributed by atoms with van der Waals surface area (Å²) in [6, 6.07) is 5.12. The van der Waals surface area contributed by atoms with Gasteiger partial charge in [0.1, 0.15) is 11.3 Å². The van der Waals surface area contributed by atoms with Gasteiger partial charge in [0.2, 0.25) is 0 Å². The lowest BCUT2D eigenvalue weighted by molar-refractivity contribution is 0.0693. The Morgan fingerprint density at radius 3 is 2.65 bits per heavy atom. The number of benzene rings is 1. The summed E-state index contributed by atoms with van der Waals surface area (Å²) < 4.78 is 5.03. The van der Waals surface area contributed by atoms with Gasteiger partial charge in [0.15, 0.2) is 5.16 Å². The molecule has 0 aliphatic carbocycles. The predicted molar refractivity (Wildman–Crippen MR) is 76.3 cm³/mol. The van der Waals surface area contributed by atoms with E-state index in [0.29, 0.717) is 16.7 Å². The van der Waals surface area contributed by atoms with Crippen molar-refractivity contribution in [3.8, 4) is 5.75 Å². The molecule has 0 aliphatic heterocycles.